The first-order valence-electron chi connectivity index (χ1n) is 7.73. The van der Waals surface area contributed by atoms with E-state index in [2.05, 4.69) is 5.10 Å². The predicted octanol–water partition coefficient (Wildman–Crippen LogP) is 1.81. The van der Waals surface area contributed by atoms with E-state index in [1.807, 2.05) is 22.7 Å². The Morgan fingerprint density at radius 2 is 2.15 bits per heavy atom. The smallest absolute Gasteiger partial charge is 0.272 e. The number of nitrogens with two attached hydrogens (primary N) is 1. The van der Waals surface area contributed by atoms with Crippen LogP contribution in [0, 0.1) is 5.92 Å². The highest BCUT2D eigenvalue weighted by Gasteiger charge is 2.36. The number of likely N-dealkylation sites (N-methyl/N-ethyl adjacent to an activating group) is 1. The molecule has 0 aromatic carbocycles. The minimum absolute atomic E-state index is 0.0664. The molecule has 1 amide bonds. The van der Waals surface area contributed by atoms with Crippen LogP contribution in [0.4, 0.5) is 0 Å². The van der Waals surface area contributed by atoms with Gasteiger partial charge in [-0.05, 0) is 37.7 Å². The van der Waals surface area contributed by atoms with Crippen molar-refractivity contribution in [1.29, 1.82) is 0 Å². The maximum absolute atomic E-state index is 12.7. The number of aromatic nitrogens is 2. The fourth-order valence-electron chi connectivity index (χ4n) is 3.40. The normalized spacial score (nSPS) is 21.1. The van der Waals surface area contributed by atoms with Gasteiger partial charge < -0.3 is 10.6 Å². The van der Waals surface area contributed by atoms with Gasteiger partial charge in [-0.3, -0.25) is 9.48 Å². The van der Waals surface area contributed by atoms with Gasteiger partial charge in [-0.25, -0.2) is 0 Å². The second kappa shape index (κ2) is 5.56. The van der Waals surface area contributed by atoms with Crippen molar-refractivity contribution >= 4 is 5.91 Å². The van der Waals surface area contributed by atoms with Crippen LogP contribution in [0.1, 0.15) is 55.1 Å². The molecule has 0 spiro atoms. The molecule has 1 atom stereocenters. The van der Waals surface area contributed by atoms with Crippen molar-refractivity contribution in [2.45, 2.75) is 50.6 Å². The summed E-state index contributed by atoms with van der Waals surface area (Å²) in [6.07, 6.45) is 8.88. The largest absolute Gasteiger partial charge is 0.336 e. The Morgan fingerprint density at radius 1 is 1.45 bits per heavy atom. The van der Waals surface area contributed by atoms with E-state index in [4.69, 9.17) is 5.73 Å². The van der Waals surface area contributed by atoms with Crippen molar-refractivity contribution in [2.75, 3.05) is 13.6 Å². The number of rotatable bonds is 5. The Bertz CT molecular complexity index is 474. The SMILES string of the molecule is CN(C(=O)c1ccnn1C1CCCC1)C(CN)C1CC1. The van der Waals surface area contributed by atoms with Crippen LogP contribution in [0.3, 0.4) is 0 Å². The number of carbonyl (C=O) groups excluding carboxylic acids is 1. The van der Waals surface area contributed by atoms with Gasteiger partial charge in [-0.15, -0.1) is 0 Å². The highest BCUT2D eigenvalue weighted by molar-refractivity contribution is 5.92. The molecule has 3 rings (SSSR count). The van der Waals surface area contributed by atoms with Crippen molar-refractivity contribution in [3.63, 3.8) is 0 Å². The Kier molecular flexibility index (Phi) is 3.78. The summed E-state index contributed by atoms with van der Waals surface area (Å²) in [5, 5.41) is 4.39. The second-order valence-electron chi connectivity index (χ2n) is 6.16. The third-order valence-electron chi connectivity index (χ3n) is 4.79. The molecule has 2 N–H and O–H groups in total. The van der Waals surface area contributed by atoms with Gasteiger partial charge >= 0.3 is 0 Å². The molecule has 2 aliphatic carbocycles. The molecule has 110 valence electrons. The van der Waals surface area contributed by atoms with Gasteiger partial charge in [0.15, 0.2) is 0 Å². The van der Waals surface area contributed by atoms with Crippen LogP contribution in [-0.4, -0.2) is 40.2 Å². The summed E-state index contributed by atoms with van der Waals surface area (Å²) in [6.45, 7) is 0.546. The maximum atomic E-state index is 12.7. The molecule has 2 saturated carbocycles. The second-order valence-corrected chi connectivity index (χ2v) is 6.16. The van der Waals surface area contributed by atoms with Crippen molar-refractivity contribution in [2.24, 2.45) is 11.7 Å². The molecule has 1 unspecified atom stereocenters. The fraction of sp³-hybridized carbons (Fsp3) is 0.733. The minimum atomic E-state index is 0.0664. The summed E-state index contributed by atoms with van der Waals surface area (Å²) in [5.74, 6) is 0.661. The van der Waals surface area contributed by atoms with Gasteiger partial charge in [-0.2, -0.15) is 5.10 Å². The molecule has 1 aromatic heterocycles. The van der Waals surface area contributed by atoms with E-state index in [0.717, 1.165) is 18.5 Å². The van der Waals surface area contributed by atoms with Gasteiger partial charge in [0, 0.05) is 25.8 Å². The van der Waals surface area contributed by atoms with E-state index in [1.54, 1.807) is 6.20 Å². The number of nitrogens with zero attached hydrogens (tertiary/aromatic N) is 3. The van der Waals surface area contributed by atoms with Crippen LogP contribution in [0.15, 0.2) is 12.3 Å². The highest BCUT2D eigenvalue weighted by Crippen LogP contribution is 2.35. The molecule has 2 fully saturated rings. The molecule has 20 heavy (non-hydrogen) atoms. The number of hydrogen-bond donors (Lipinski definition) is 1. The van der Waals surface area contributed by atoms with E-state index in [0.29, 0.717) is 18.5 Å². The molecule has 0 radical (unpaired) electrons. The third kappa shape index (κ3) is 2.46. The van der Waals surface area contributed by atoms with Gasteiger partial charge in [0.25, 0.3) is 5.91 Å². The number of amides is 1. The summed E-state index contributed by atoms with van der Waals surface area (Å²) in [5.41, 5.74) is 6.57. The van der Waals surface area contributed by atoms with Crippen molar-refractivity contribution in [3.8, 4) is 0 Å². The van der Waals surface area contributed by atoms with Gasteiger partial charge in [0.1, 0.15) is 5.69 Å². The molecule has 0 bridgehead atoms. The quantitative estimate of drug-likeness (QED) is 0.892. The van der Waals surface area contributed by atoms with Crippen LogP contribution in [0.5, 0.6) is 0 Å². The highest BCUT2D eigenvalue weighted by atomic mass is 16.2. The van der Waals surface area contributed by atoms with Crippen molar-refractivity contribution < 1.29 is 4.79 Å². The Hall–Kier alpha value is -1.36. The third-order valence-corrected chi connectivity index (χ3v) is 4.79. The Balaban J connectivity index is 1.77. The van der Waals surface area contributed by atoms with E-state index in [1.165, 1.54) is 25.7 Å². The summed E-state index contributed by atoms with van der Waals surface area (Å²) >= 11 is 0. The topological polar surface area (TPSA) is 64.2 Å². The summed E-state index contributed by atoms with van der Waals surface area (Å²) in [4.78, 5) is 14.6. The zero-order chi connectivity index (χ0) is 14.1. The summed E-state index contributed by atoms with van der Waals surface area (Å²) in [7, 11) is 1.88. The molecule has 5 heteroatoms. The van der Waals surface area contributed by atoms with Crippen LogP contribution in [0.25, 0.3) is 0 Å². The molecule has 1 aromatic rings. The lowest BCUT2D eigenvalue weighted by molar-refractivity contribution is 0.0703. The van der Waals surface area contributed by atoms with E-state index in [-0.39, 0.29) is 11.9 Å². The van der Waals surface area contributed by atoms with Gasteiger partial charge in [0.2, 0.25) is 0 Å². The van der Waals surface area contributed by atoms with E-state index >= 15 is 0 Å². The average Bonchev–Trinajstić information content (AvgIpc) is 2.97. The van der Waals surface area contributed by atoms with Gasteiger partial charge in [0.05, 0.1) is 6.04 Å². The van der Waals surface area contributed by atoms with E-state index in [9.17, 15) is 4.79 Å². The van der Waals surface area contributed by atoms with Crippen LogP contribution < -0.4 is 5.73 Å². The molecule has 0 saturated heterocycles. The van der Waals surface area contributed by atoms with E-state index < -0.39 is 0 Å². The maximum Gasteiger partial charge on any atom is 0.272 e. The van der Waals surface area contributed by atoms with Crippen LogP contribution in [-0.2, 0) is 0 Å². The van der Waals surface area contributed by atoms with Crippen LogP contribution >= 0.6 is 0 Å². The monoisotopic (exact) mass is 276 g/mol. The number of hydrogen-bond acceptors (Lipinski definition) is 3. The first-order chi connectivity index (χ1) is 9.72. The molecular weight excluding hydrogens is 252 g/mol. The van der Waals surface area contributed by atoms with Gasteiger partial charge in [-0.1, -0.05) is 12.8 Å². The molecular formula is C15H24N4O. The standard InChI is InChI=1S/C15H24N4O/c1-18(14(10-16)11-6-7-11)15(20)13-8-9-17-19(13)12-4-2-3-5-12/h8-9,11-12,14H,2-7,10,16H2,1H3. The first-order valence-corrected chi connectivity index (χ1v) is 7.73. The molecule has 0 aliphatic heterocycles. The van der Waals surface area contributed by atoms with Crippen molar-refractivity contribution in [3.05, 3.63) is 18.0 Å². The lowest BCUT2D eigenvalue weighted by atomic mass is 10.1. The van der Waals surface area contributed by atoms with Crippen LogP contribution in [0.2, 0.25) is 0 Å². The molecule has 2 aliphatic rings. The Labute approximate surface area is 120 Å². The predicted molar refractivity (Wildman–Crippen MR) is 77.4 cm³/mol. The zero-order valence-electron chi connectivity index (χ0n) is 12.2. The first kappa shape index (κ1) is 13.6. The molecule has 1 heterocycles. The van der Waals surface area contributed by atoms with Crippen molar-refractivity contribution in [1.82, 2.24) is 14.7 Å². The minimum Gasteiger partial charge on any atom is -0.336 e. The molecule has 5 nitrogen and oxygen atoms in total. The Morgan fingerprint density at radius 3 is 2.75 bits per heavy atom. The lowest BCUT2D eigenvalue weighted by Crippen LogP contribution is -2.44. The number of carbonyl (C=O) groups is 1. The lowest BCUT2D eigenvalue weighted by Gasteiger charge is -2.28. The average molecular weight is 276 g/mol. The summed E-state index contributed by atoms with van der Waals surface area (Å²) < 4.78 is 1.94. The zero-order valence-corrected chi connectivity index (χ0v) is 12.2. The summed E-state index contributed by atoms with van der Waals surface area (Å²) in [6, 6.07) is 2.42. The fourth-order valence-corrected chi connectivity index (χ4v) is 3.40.